The summed E-state index contributed by atoms with van der Waals surface area (Å²) in [4.78, 5) is 0.404. The highest BCUT2D eigenvalue weighted by atomic mass is 35.5. The number of hydrogen-bond donors (Lipinski definition) is 1. The van der Waals surface area contributed by atoms with Crippen molar-refractivity contribution < 1.29 is 0 Å². The molecule has 0 bridgehead atoms. The molecule has 1 aromatic carbocycles. The first-order chi connectivity index (χ1) is 8.06. The second-order valence-corrected chi connectivity index (χ2v) is 4.67. The molecule has 17 heavy (non-hydrogen) atoms. The summed E-state index contributed by atoms with van der Waals surface area (Å²) in [5, 5.41) is 4.98. The Bertz CT molecular complexity index is 543. The first kappa shape index (κ1) is 12.1. The molecule has 2 rings (SSSR count). The lowest BCUT2D eigenvalue weighted by Gasteiger charge is -2.04. The van der Waals surface area contributed by atoms with E-state index in [4.69, 9.17) is 29.6 Å². The van der Waals surface area contributed by atoms with Crippen LogP contribution in [-0.2, 0) is 6.54 Å². The summed E-state index contributed by atoms with van der Waals surface area (Å²) in [6.07, 6.45) is 1.81. The Balaban J connectivity index is 2.24. The van der Waals surface area contributed by atoms with E-state index in [0.717, 1.165) is 16.8 Å². The number of rotatable bonds is 3. The van der Waals surface area contributed by atoms with Crippen LogP contribution in [0.2, 0.25) is 5.02 Å². The molecule has 88 valence electrons. The summed E-state index contributed by atoms with van der Waals surface area (Å²) in [7, 11) is 0. The van der Waals surface area contributed by atoms with E-state index in [1.807, 2.05) is 37.4 Å². The molecule has 0 spiro atoms. The summed E-state index contributed by atoms with van der Waals surface area (Å²) in [5.41, 5.74) is 8.38. The van der Waals surface area contributed by atoms with Gasteiger partial charge in [0.2, 0.25) is 0 Å². The van der Waals surface area contributed by atoms with E-state index < -0.39 is 0 Å². The number of hydrogen-bond acceptors (Lipinski definition) is 2. The minimum Gasteiger partial charge on any atom is -0.389 e. The maximum atomic E-state index is 5.95. The molecule has 0 saturated carbocycles. The second-order valence-electron chi connectivity index (χ2n) is 3.82. The molecule has 0 radical (unpaired) electrons. The fourth-order valence-electron chi connectivity index (χ4n) is 1.58. The maximum Gasteiger partial charge on any atom is 0.103 e. The summed E-state index contributed by atoms with van der Waals surface area (Å²) in [6.45, 7) is 2.54. The van der Waals surface area contributed by atoms with E-state index in [9.17, 15) is 0 Å². The van der Waals surface area contributed by atoms with Crippen LogP contribution in [-0.4, -0.2) is 14.8 Å². The van der Waals surface area contributed by atoms with E-state index in [-0.39, 0.29) is 0 Å². The Morgan fingerprint density at radius 3 is 2.88 bits per heavy atom. The third-order valence-electron chi connectivity index (χ3n) is 2.44. The van der Waals surface area contributed by atoms with Gasteiger partial charge in [0, 0.05) is 11.8 Å². The van der Waals surface area contributed by atoms with E-state index in [0.29, 0.717) is 16.6 Å². The Hall–Kier alpha value is -1.39. The molecule has 0 fully saturated rings. The largest absolute Gasteiger partial charge is 0.389 e. The zero-order chi connectivity index (χ0) is 12.4. The molecule has 1 aromatic heterocycles. The van der Waals surface area contributed by atoms with Crippen molar-refractivity contribution in [2.24, 2.45) is 5.73 Å². The molecule has 0 amide bonds. The Morgan fingerprint density at radius 1 is 1.53 bits per heavy atom. The van der Waals surface area contributed by atoms with Crippen molar-refractivity contribution >= 4 is 28.8 Å². The van der Waals surface area contributed by atoms with Crippen LogP contribution in [0.5, 0.6) is 0 Å². The van der Waals surface area contributed by atoms with Crippen LogP contribution < -0.4 is 5.73 Å². The maximum absolute atomic E-state index is 5.95. The highest BCUT2D eigenvalue weighted by Crippen LogP contribution is 2.14. The topological polar surface area (TPSA) is 43.8 Å². The van der Waals surface area contributed by atoms with Gasteiger partial charge in [-0.05, 0) is 18.6 Å². The number of nitrogens with two attached hydrogens (primary N) is 1. The molecule has 0 atom stereocenters. The van der Waals surface area contributed by atoms with Crippen molar-refractivity contribution in [3.63, 3.8) is 0 Å². The van der Waals surface area contributed by atoms with E-state index >= 15 is 0 Å². The van der Waals surface area contributed by atoms with Gasteiger partial charge < -0.3 is 5.73 Å². The quantitative estimate of drug-likeness (QED) is 0.868. The summed E-state index contributed by atoms with van der Waals surface area (Å²) >= 11 is 10.9. The molecule has 1 heterocycles. The standard InChI is InChI=1S/C12H12ClN3S/c1-8-11(13)7-16(15-8)6-9-3-2-4-10(5-9)12(14)17/h2-5,7H,6H2,1H3,(H2,14,17). The first-order valence-corrected chi connectivity index (χ1v) is 5.93. The fourth-order valence-corrected chi connectivity index (χ4v) is 1.86. The lowest BCUT2D eigenvalue weighted by molar-refractivity contribution is 0.679. The van der Waals surface area contributed by atoms with Crippen molar-refractivity contribution in [3.8, 4) is 0 Å². The monoisotopic (exact) mass is 265 g/mol. The molecule has 0 aliphatic carbocycles. The third-order valence-corrected chi connectivity index (χ3v) is 3.05. The van der Waals surface area contributed by atoms with Gasteiger partial charge in [-0.15, -0.1) is 0 Å². The molecule has 3 nitrogen and oxygen atoms in total. The van der Waals surface area contributed by atoms with Gasteiger partial charge in [-0.25, -0.2) is 0 Å². The summed E-state index contributed by atoms with van der Waals surface area (Å²) < 4.78 is 1.80. The van der Waals surface area contributed by atoms with Gasteiger partial charge in [0.1, 0.15) is 4.99 Å². The predicted molar refractivity (Wildman–Crippen MR) is 73.4 cm³/mol. The molecule has 0 aliphatic rings. The third kappa shape index (κ3) is 2.84. The first-order valence-electron chi connectivity index (χ1n) is 5.14. The number of benzene rings is 1. The van der Waals surface area contributed by atoms with Crippen molar-refractivity contribution in [1.29, 1.82) is 0 Å². The molecular formula is C12H12ClN3S. The van der Waals surface area contributed by atoms with Gasteiger partial charge in [0.05, 0.1) is 17.3 Å². The van der Waals surface area contributed by atoms with Gasteiger partial charge in [-0.2, -0.15) is 5.10 Å². The molecule has 0 unspecified atom stereocenters. The van der Waals surface area contributed by atoms with Crippen LogP contribution >= 0.6 is 23.8 Å². The summed E-state index contributed by atoms with van der Waals surface area (Å²) in [6, 6.07) is 7.80. The zero-order valence-corrected chi connectivity index (χ0v) is 10.9. The van der Waals surface area contributed by atoms with Gasteiger partial charge in [0.25, 0.3) is 0 Å². The number of thiocarbonyl (C=S) groups is 1. The van der Waals surface area contributed by atoms with Crippen LogP contribution in [0.25, 0.3) is 0 Å². The Labute approximate surface area is 110 Å². The summed E-state index contributed by atoms with van der Waals surface area (Å²) in [5.74, 6) is 0. The number of aromatic nitrogens is 2. The number of aryl methyl sites for hydroxylation is 1. The molecule has 2 N–H and O–H groups in total. The van der Waals surface area contributed by atoms with Crippen molar-refractivity contribution in [2.45, 2.75) is 13.5 Å². The second kappa shape index (κ2) is 4.85. The van der Waals surface area contributed by atoms with E-state index in [1.54, 1.807) is 4.68 Å². The van der Waals surface area contributed by atoms with Crippen LogP contribution in [0.3, 0.4) is 0 Å². The normalized spacial score (nSPS) is 10.5. The van der Waals surface area contributed by atoms with Crippen LogP contribution in [0.1, 0.15) is 16.8 Å². The lowest BCUT2D eigenvalue weighted by atomic mass is 10.1. The van der Waals surface area contributed by atoms with Crippen LogP contribution in [0.15, 0.2) is 30.5 Å². The van der Waals surface area contributed by atoms with Crippen molar-refractivity contribution in [3.05, 3.63) is 52.3 Å². The average molecular weight is 266 g/mol. The molecular weight excluding hydrogens is 254 g/mol. The van der Waals surface area contributed by atoms with Crippen LogP contribution in [0.4, 0.5) is 0 Å². The van der Waals surface area contributed by atoms with Gasteiger partial charge in [-0.3, -0.25) is 4.68 Å². The SMILES string of the molecule is Cc1nn(Cc2cccc(C(N)=S)c2)cc1Cl. The Morgan fingerprint density at radius 2 is 2.29 bits per heavy atom. The van der Waals surface area contributed by atoms with Crippen LogP contribution in [0, 0.1) is 6.92 Å². The zero-order valence-electron chi connectivity index (χ0n) is 9.35. The lowest BCUT2D eigenvalue weighted by Crippen LogP contribution is -2.10. The van der Waals surface area contributed by atoms with Gasteiger partial charge in [-0.1, -0.05) is 42.0 Å². The minimum absolute atomic E-state index is 0.404. The molecule has 0 aliphatic heterocycles. The highest BCUT2D eigenvalue weighted by molar-refractivity contribution is 7.80. The number of halogens is 1. The van der Waals surface area contributed by atoms with Crippen molar-refractivity contribution in [2.75, 3.05) is 0 Å². The minimum atomic E-state index is 0.404. The molecule has 2 aromatic rings. The number of nitrogens with zero attached hydrogens (tertiary/aromatic N) is 2. The van der Waals surface area contributed by atoms with Gasteiger partial charge >= 0.3 is 0 Å². The average Bonchev–Trinajstić information content (AvgIpc) is 2.58. The molecule has 5 heteroatoms. The Kier molecular flexibility index (Phi) is 3.45. The predicted octanol–water partition coefficient (Wildman–Crippen LogP) is 2.53. The highest BCUT2D eigenvalue weighted by Gasteiger charge is 2.03. The smallest absolute Gasteiger partial charge is 0.103 e. The van der Waals surface area contributed by atoms with E-state index in [1.165, 1.54) is 0 Å². The molecule has 0 saturated heterocycles. The van der Waals surface area contributed by atoms with Crippen molar-refractivity contribution in [1.82, 2.24) is 9.78 Å². The fraction of sp³-hybridized carbons (Fsp3) is 0.167. The van der Waals surface area contributed by atoms with E-state index in [2.05, 4.69) is 5.10 Å². The van der Waals surface area contributed by atoms with Gasteiger partial charge in [0.15, 0.2) is 0 Å².